The van der Waals surface area contributed by atoms with E-state index in [1.54, 1.807) is 16.4 Å². The molecule has 202 valence electrons. The maximum Gasteiger partial charge on any atom is 0.415 e. The van der Waals surface area contributed by atoms with E-state index < -0.39 is 12.2 Å². The van der Waals surface area contributed by atoms with Crippen molar-refractivity contribution in [3.05, 3.63) is 41.5 Å². The van der Waals surface area contributed by atoms with Gasteiger partial charge in [-0.3, -0.25) is 4.57 Å². The lowest BCUT2D eigenvalue weighted by Crippen LogP contribution is -2.40. The number of nitrogens with two attached hydrogens (primary N) is 1. The number of nitrogen functional groups attached to an aromatic ring is 1. The first-order chi connectivity index (χ1) is 18.2. The number of hydrogen-bond acceptors (Lipinski definition) is 9. The number of aryl methyl sites for hydroxylation is 2. The van der Waals surface area contributed by atoms with Gasteiger partial charge in [-0.15, -0.1) is 0 Å². The van der Waals surface area contributed by atoms with E-state index >= 15 is 0 Å². The number of likely N-dealkylation sites (tertiary alicyclic amines) is 1. The van der Waals surface area contributed by atoms with E-state index in [-0.39, 0.29) is 31.1 Å². The lowest BCUT2D eigenvalue weighted by molar-refractivity contribution is -0.0804. The fourth-order valence-electron chi connectivity index (χ4n) is 4.17. The van der Waals surface area contributed by atoms with Crippen molar-refractivity contribution in [2.24, 2.45) is 5.92 Å². The number of benzene rings is 1. The first kappa shape index (κ1) is 27.3. The molecule has 4 rings (SSSR count). The molecule has 1 fully saturated rings. The Bertz CT molecular complexity index is 1340. The maximum atomic E-state index is 12.6. The quantitative estimate of drug-likeness (QED) is 0.398. The molecule has 3 heterocycles. The second-order valence-corrected chi connectivity index (χ2v) is 9.63. The number of ether oxygens (including phenoxy) is 2. The number of aliphatic hydroxyl groups is 2. The van der Waals surface area contributed by atoms with E-state index in [4.69, 9.17) is 15.2 Å². The van der Waals surface area contributed by atoms with E-state index in [2.05, 4.69) is 26.8 Å². The molecule has 11 nitrogen and oxygen atoms in total. The highest BCUT2D eigenvalue weighted by molar-refractivity contribution is 5.81. The van der Waals surface area contributed by atoms with Gasteiger partial charge >= 0.3 is 6.09 Å². The summed E-state index contributed by atoms with van der Waals surface area (Å²) in [4.78, 5) is 27.3. The average molecular weight is 523 g/mol. The van der Waals surface area contributed by atoms with Crippen LogP contribution in [-0.4, -0.2) is 72.6 Å². The fourth-order valence-corrected chi connectivity index (χ4v) is 4.17. The van der Waals surface area contributed by atoms with Crippen LogP contribution in [0.4, 0.5) is 10.6 Å². The molecular weight excluding hydrogens is 488 g/mol. The van der Waals surface area contributed by atoms with Crippen molar-refractivity contribution < 1.29 is 24.5 Å². The molecule has 2 atom stereocenters. The molecule has 0 aliphatic carbocycles. The summed E-state index contributed by atoms with van der Waals surface area (Å²) >= 11 is 0. The van der Waals surface area contributed by atoms with Crippen molar-refractivity contribution in [2.75, 3.05) is 25.4 Å². The zero-order valence-electron chi connectivity index (χ0n) is 21.9. The number of rotatable bonds is 7. The molecule has 0 bridgehead atoms. The van der Waals surface area contributed by atoms with Crippen LogP contribution in [0, 0.1) is 31.6 Å². The second-order valence-electron chi connectivity index (χ2n) is 9.63. The summed E-state index contributed by atoms with van der Waals surface area (Å²) in [5.74, 6) is 7.55. The molecule has 38 heavy (non-hydrogen) atoms. The second kappa shape index (κ2) is 12.2. The number of piperidine rings is 1. The number of nitrogens with zero attached hydrogens (tertiary/aromatic N) is 5. The minimum absolute atomic E-state index is 0.0283. The highest BCUT2D eigenvalue weighted by Crippen LogP contribution is 2.23. The summed E-state index contributed by atoms with van der Waals surface area (Å²) in [6.07, 6.45) is 1.94. The molecule has 0 radical (unpaired) electrons. The normalized spacial score (nSPS) is 15.7. The molecule has 1 aliphatic heterocycles. The van der Waals surface area contributed by atoms with Crippen molar-refractivity contribution in [3.8, 4) is 17.6 Å². The third-order valence-corrected chi connectivity index (χ3v) is 6.78. The molecule has 1 saturated heterocycles. The number of imidazole rings is 1. The Morgan fingerprint density at radius 2 is 2.00 bits per heavy atom. The van der Waals surface area contributed by atoms with Gasteiger partial charge in [0, 0.05) is 19.5 Å². The minimum atomic E-state index is -0.828. The zero-order valence-corrected chi connectivity index (χ0v) is 21.9. The van der Waals surface area contributed by atoms with Crippen LogP contribution < -0.4 is 10.5 Å². The van der Waals surface area contributed by atoms with Gasteiger partial charge < -0.3 is 30.3 Å². The van der Waals surface area contributed by atoms with Crippen molar-refractivity contribution in [1.82, 2.24) is 24.4 Å². The molecule has 0 spiro atoms. The predicted molar refractivity (Wildman–Crippen MR) is 141 cm³/mol. The van der Waals surface area contributed by atoms with Gasteiger partial charge in [-0.2, -0.15) is 0 Å². The molecule has 0 saturated carbocycles. The predicted octanol–water partition coefficient (Wildman–Crippen LogP) is 2.39. The number of hydrogen-bond donors (Lipinski definition) is 3. The van der Waals surface area contributed by atoms with Crippen LogP contribution in [0.1, 0.15) is 43.1 Å². The Labute approximate surface area is 221 Å². The molecule has 1 amide bonds. The number of carbonyl (C=O) groups excluding carboxylic acids is 1. The number of fused-ring (bicyclic) bond motifs is 1. The van der Waals surface area contributed by atoms with Crippen molar-refractivity contribution >= 4 is 23.1 Å². The number of aliphatic hydroxyl groups excluding tert-OH is 2. The van der Waals surface area contributed by atoms with Crippen LogP contribution in [0.2, 0.25) is 0 Å². The fraction of sp³-hybridized carbons (Fsp3) is 0.481. The summed E-state index contributed by atoms with van der Waals surface area (Å²) < 4.78 is 12.7. The molecule has 4 N–H and O–H groups in total. The molecule has 2 aromatic heterocycles. The Kier molecular flexibility index (Phi) is 8.78. The van der Waals surface area contributed by atoms with Gasteiger partial charge in [0.25, 0.3) is 0 Å². The number of aromatic nitrogens is 4. The van der Waals surface area contributed by atoms with E-state index in [9.17, 15) is 15.0 Å². The first-order valence-electron chi connectivity index (χ1n) is 12.7. The van der Waals surface area contributed by atoms with Crippen LogP contribution in [0.25, 0.3) is 11.2 Å². The van der Waals surface area contributed by atoms with Crippen molar-refractivity contribution in [2.45, 2.75) is 59.0 Å². The lowest BCUT2D eigenvalue weighted by Gasteiger charge is -2.30. The SMILES string of the molecule is Cc1ccc(OC(=O)N2CCC(CC#Cc3nc(N)c4ncn(CO[C@H](CO)[C@@H](C)O)c4n3)CC2)cc1C. The van der Waals surface area contributed by atoms with E-state index in [0.29, 0.717) is 42.3 Å². The first-order valence-corrected chi connectivity index (χ1v) is 12.7. The highest BCUT2D eigenvalue weighted by atomic mass is 16.6. The van der Waals surface area contributed by atoms with Gasteiger partial charge in [0.2, 0.25) is 5.82 Å². The smallest absolute Gasteiger partial charge is 0.410 e. The van der Waals surface area contributed by atoms with Gasteiger partial charge in [0.1, 0.15) is 24.1 Å². The Hall–Kier alpha value is -3.72. The molecule has 1 aliphatic rings. The van der Waals surface area contributed by atoms with Gasteiger partial charge in [-0.05, 0) is 68.7 Å². The molecule has 3 aromatic rings. The van der Waals surface area contributed by atoms with E-state index in [1.807, 2.05) is 32.0 Å². The number of amides is 1. The largest absolute Gasteiger partial charge is 0.415 e. The van der Waals surface area contributed by atoms with Gasteiger partial charge in [0.05, 0.1) is 19.0 Å². The van der Waals surface area contributed by atoms with E-state index in [0.717, 1.165) is 24.0 Å². The summed E-state index contributed by atoms with van der Waals surface area (Å²) in [7, 11) is 0. The minimum Gasteiger partial charge on any atom is -0.410 e. The van der Waals surface area contributed by atoms with Crippen LogP contribution in [0.3, 0.4) is 0 Å². The molecule has 0 unspecified atom stereocenters. The lowest BCUT2D eigenvalue weighted by atomic mass is 9.94. The molecule has 1 aromatic carbocycles. The van der Waals surface area contributed by atoms with Crippen LogP contribution in [0.5, 0.6) is 5.75 Å². The number of carbonyl (C=O) groups is 1. The Balaban J connectivity index is 1.32. The highest BCUT2D eigenvalue weighted by Gasteiger charge is 2.24. The average Bonchev–Trinajstić information content (AvgIpc) is 3.30. The topological polar surface area (TPSA) is 149 Å². The molecular formula is C27H34N6O5. The van der Waals surface area contributed by atoms with Gasteiger partial charge in [-0.25, -0.2) is 19.7 Å². The third-order valence-electron chi connectivity index (χ3n) is 6.78. The van der Waals surface area contributed by atoms with E-state index in [1.165, 1.54) is 6.33 Å². The summed E-state index contributed by atoms with van der Waals surface area (Å²) in [5.41, 5.74) is 9.19. The van der Waals surface area contributed by atoms with Crippen LogP contribution >= 0.6 is 0 Å². The summed E-state index contributed by atoms with van der Waals surface area (Å²) in [6, 6.07) is 5.64. The molecule has 11 heteroatoms. The summed E-state index contributed by atoms with van der Waals surface area (Å²) in [5, 5.41) is 19.0. The van der Waals surface area contributed by atoms with Gasteiger partial charge in [-0.1, -0.05) is 12.0 Å². The van der Waals surface area contributed by atoms with Crippen LogP contribution in [0.15, 0.2) is 24.5 Å². The van der Waals surface area contributed by atoms with Crippen molar-refractivity contribution in [3.63, 3.8) is 0 Å². The van der Waals surface area contributed by atoms with Gasteiger partial charge in [0.15, 0.2) is 11.5 Å². The third kappa shape index (κ3) is 6.58. The summed E-state index contributed by atoms with van der Waals surface area (Å²) in [6.45, 7) is 6.51. The van der Waals surface area contributed by atoms with Crippen LogP contribution in [-0.2, 0) is 11.5 Å². The number of anilines is 1. The zero-order chi connectivity index (χ0) is 27.2. The standard InChI is InChI=1S/C27H34N6O5/c1-17-7-8-21(13-18(17)2)38-27(36)32-11-9-20(10-12-32)5-4-6-23-30-25(28)24-26(31-23)33(15-29-24)16-37-22(14-34)19(3)35/h7-8,13,15,19-20,22,34-35H,5,9-12,14,16H2,1-3H3,(H2,28,30,31)/t19-,22-/m1/s1. The maximum absolute atomic E-state index is 12.6. The monoisotopic (exact) mass is 522 g/mol. The Morgan fingerprint density at radius 3 is 2.68 bits per heavy atom. The van der Waals surface area contributed by atoms with Crippen molar-refractivity contribution in [1.29, 1.82) is 0 Å². The Morgan fingerprint density at radius 1 is 1.24 bits per heavy atom.